The Morgan fingerprint density at radius 2 is 2.00 bits per heavy atom. The first kappa shape index (κ1) is 15.3. The van der Waals surface area contributed by atoms with Gasteiger partial charge in [-0.3, -0.25) is 9.59 Å². The minimum absolute atomic E-state index is 0.0211. The second-order valence-electron chi connectivity index (χ2n) is 5.79. The number of carboxylic acids is 1. The van der Waals surface area contributed by atoms with Gasteiger partial charge in [-0.05, 0) is 24.5 Å². The number of nitrogens with one attached hydrogen (secondary N) is 1. The van der Waals surface area contributed by atoms with Crippen molar-refractivity contribution in [2.24, 2.45) is 5.41 Å². The van der Waals surface area contributed by atoms with Gasteiger partial charge in [0.1, 0.15) is 0 Å². The standard InChI is InChI=1S/C13H23NO3S/c1-13(2,8-12(16)17)7-11(15)14-9-5-4-6-10(9)18-3/h9-10H,4-8H2,1-3H3,(H,14,15)(H,16,17). The number of rotatable bonds is 6. The molecule has 0 aliphatic heterocycles. The molecule has 2 N–H and O–H groups in total. The van der Waals surface area contributed by atoms with E-state index in [9.17, 15) is 9.59 Å². The fourth-order valence-corrected chi connectivity index (χ4v) is 3.47. The van der Waals surface area contributed by atoms with Crippen LogP contribution in [0.1, 0.15) is 46.0 Å². The molecule has 0 saturated heterocycles. The molecule has 0 aromatic carbocycles. The van der Waals surface area contributed by atoms with Crippen molar-refractivity contribution in [3.05, 3.63) is 0 Å². The molecule has 1 rings (SSSR count). The molecule has 0 bridgehead atoms. The maximum Gasteiger partial charge on any atom is 0.303 e. The molecule has 1 aliphatic carbocycles. The van der Waals surface area contributed by atoms with Gasteiger partial charge in [-0.25, -0.2) is 0 Å². The van der Waals surface area contributed by atoms with Gasteiger partial charge in [-0.1, -0.05) is 20.3 Å². The molecule has 0 heterocycles. The third-order valence-electron chi connectivity index (χ3n) is 3.37. The van der Waals surface area contributed by atoms with Crippen LogP contribution in [0.15, 0.2) is 0 Å². The smallest absolute Gasteiger partial charge is 0.303 e. The van der Waals surface area contributed by atoms with Gasteiger partial charge in [0.25, 0.3) is 0 Å². The lowest BCUT2D eigenvalue weighted by Gasteiger charge is -2.24. The van der Waals surface area contributed by atoms with Crippen LogP contribution in [0.4, 0.5) is 0 Å². The molecule has 1 amide bonds. The summed E-state index contributed by atoms with van der Waals surface area (Å²) in [4.78, 5) is 22.6. The molecule has 4 nitrogen and oxygen atoms in total. The van der Waals surface area contributed by atoms with E-state index < -0.39 is 11.4 Å². The minimum Gasteiger partial charge on any atom is -0.481 e. The first-order valence-corrected chi connectivity index (χ1v) is 7.67. The molecule has 0 aromatic rings. The van der Waals surface area contributed by atoms with Crippen molar-refractivity contribution in [1.29, 1.82) is 0 Å². The van der Waals surface area contributed by atoms with E-state index in [4.69, 9.17) is 5.11 Å². The first-order valence-electron chi connectivity index (χ1n) is 6.38. The topological polar surface area (TPSA) is 66.4 Å². The Bertz CT molecular complexity index is 317. The summed E-state index contributed by atoms with van der Waals surface area (Å²) in [7, 11) is 0. The van der Waals surface area contributed by atoms with E-state index in [1.54, 1.807) is 11.8 Å². The molecule has 2 unspecified atom stereocenters. The largest absolute Gasteiger partial charge is 0.481 e. The van der Waals surface area contributed by atoms with E-state index >= 15 is 0 Å². The monoisotopic (exact) mass is 273 g/mol. The number of hydrogen-bond donors (Lipinski definition) is 2. The highest BCUT2D eigenvalue weighted by molar-refractivity contribution is 7.99. The van der Waals surface area contributed by atoms with Crippen molar-refractivity contribution in [2.75, 3.05) is 6.26 Å². The van der Waals surface area contributed by atoms with E-state index in [0.717, 1.165) is 19.3 Å². The molecule has 0 aromatic heterocycles. The lowest BCUT2D eigenvalue weighted by molar-refractivity contribution is -0.139. The predicted molar refractivity (Wildman–Crippen MR) is 73.7 cm³/mol. The molecule has 18 heavy (non-hydrogen) atoms. The van der Waals surface area contributed by atoms with Crippen LogP contribution in [-0.4, -0.2) is 34.5 Å². The van der Waals surface area contributed by atoms with Gasteiger partial charge in [0.05, 0.1) is 6.42 Å². The molecule has 0 radical (unpaired) electrons. The summed E-state index contributed by atoms with van der Waals surface area (Å²) in [6, 6.07) is 0.258. The Morgan fingerprint density at radius 3 is 2.56 bits per heavy atom. The average molecular weight is 273 g/mol. The Kier molecular flexibility index (Phi) is 5.50. The van der Waals surface area contributed by atoms with E-state index in [0.29, 0.717) is 5.25 Å². The summed E-state index contributed by atoms with van der Waals surface area (Å²) in [6.45, 7) is 3.64. The van der Waals surface area contributed by atoms with Crippen molar-refractivity contribution in [2.45, 2.75) is 57.2 Å². The summed E-state index contributed by atoms with van der Waals surface area (Å²) in [5.74, 6) is -0.872. The van der Waals surface area contributed by atoms with Gasteiger partial charge in [0.2, 0.25) is 5.91 Å². The fourth-order valence-electron chi connectivity index (χ4n) is 2.54. The van der Waals surface area contributed by atoms with Gasteiger partial charge in [-0.2, -0.15) is 11.8 Å². The number of carbonyl (C=O) groups excluding carboxylic acids is 1. The highest BCUT2D eigenvalue weighted by Gasteiger charge is 2.30. The third-order valence-corrected chi connectivity index (χ3v) is 4.54. The summed E-state index contributed by atoms with van der Waals surface area (Å²) >= 11 is 1.80. The maximum absolute atomic E-state index is 11.9. The molecule has 5 heteroatoms. The van der Waals surface area contributed by atoms with Gasteiger partial charge in [-0.15, -0.1) is 0 Å². The molecular formula is C13H23NO3S. The van der Waals surface area contributed by atoms with E-state index in [1.807, 2.05) is 13.8 Å². The van der Waals surface area contributed by atoms with E-state index in [-0.39, 0.29) is 24.8 Å². The Morgan fingerprint density at radius 1 is 1.33 bits per heavy atom. The fraction of sp³-hybridized carbons (Fsp3) is 0.846. The van der Waals surface area contributed by atoms with Crippen LogP contribution >= 0.6 is 11.8 Å². The van der Waals surface area contributed by atoms with Crippen molar-refractivity contribution < 1.29 is 14.7 Å². The number of carboxylic acid groups (broad SMARTS) is 1. The van der Waals surface area contributed by atoms with Crippen LogP contribution in [0.3, 0.4) is 0 Å². The maximum atomic E-state index is 11.9. The van der Waals surface area contributed by atoms with Crippen molar-refractivity contribution in [3.63, 3.8) is 0 Å². The zero-order chi connectivity index (χ0) is 13.8. The number of hydrogen-bond acceptors (Lipinski definition) is 3. The minimum atomic E-state index is -0.851. The van der Waals surface area contributed by atoms with Gasteiger partial charge >= 0.3 is 5.97 Å². The summed E-state index contributed by atoms with van der Waals surface area (Å²) in [5, 5.41) is 12.4. The van der Waals surface area contributed by atoms with Gasteiger partial charge in [0, 0.05) is 17.7 Å². The average Bonchev–Trinajstić information content (AvgIpc) is 2.61. The molecule has 0 spiro atoms. The Hall–Kier alpha value is -0.710. The quantitative estimate of drug-likeness (QED) is 0.779. The lowest BCUT2D eigenvalue weighted by Crippen LogP contribution is -2.40. The summed E-state index contributed by atoms with van der Waals surface area (Å²) in [5.41, 5.74) is -0.483. The molecule has 1 saturated carbocycles. The van der Waals surface area contributed by atoms with Gasteiger partial charge in [0.15, 0.2) is 0 Å². The van der Waals surface area contributed by atoms with Crippen molar-refractivity contribution in [1.82, 2.24) is 5.32 Å². The highest BCUT2D eigenvalue weighted by Crippen LogP contribution is 2.29. The Balaban J connectivity index is 2.43. The zero-order valence-electron chi connectivity index (χ0n) is 11.4. The Labute approximate surface area is 113 Å². The lowest BCUT2D eigenvalue weighted by atomic mass is 9.85. The first-order chi connectivity index (χ1) is 8.34. The van der Waals surface area contributed by atoms with Gasteiger partial charge < -0.3 is 10.4 Å². The second kappa shape index (κ2) is 6.45. The van der Waals surface area contributed by atoms with Crippen LogP contribution in [0, 0.1) is 5.41 Å². The van der Waals surface area contributed by atoms with Crippen LogP contribution in [0.2, 0.25) is 0 Å². The number of carbonyl (C=O) groups is 2. The van der Waals surface area contributed by atoms with Crippen molar-refractivity contribution >= 4 is 23.6 Å². The highest BCUT2D eigenvalue weighted by atomic mass is 32.2. The molecule has 1 fully saturated rings. The summed E-state index contributed by atoms with van der Waals surface area (Å²) < 4.78 is 0. The number of amides is 1. The predicted octanol–water partition coefficient (Wildman–Crippen LogP) is 2.28. The zero-order valence-corrected chi connectivity index (χ0v) is 12.2. The second-order valence-corrected chi connectivity index (χ2v) is 6.87. The number of aliphatic carboxylic acids is 1. The van der Waals surface area contributed by atoms with Crippen LogP contribution in [0.25, 0.3) is 0 Å². The molecular weight excluding hydrogens is 250 g/mol. The summed E-state index contributed by atoms with van der Waals surface area (Å²) in [6.07, 6.45) is 5.73. The third kappa shape index (κ3) is 4.88. The number of thioether (sulfide) groups is 1. The van der Waals surface area contributed by atoms with Crippen LogP contribution < -0.4 is 5.32 Å². The van der Waals surface area contributed by atoms with Crippen LogP contribution in [0.5, 0.6) is 0 Å². The molecule has 1 aliphatic rings. The van der Waals surface area contributed by atoms with Crippen molar-refractivity contribution in [3.8, 4) is 0 Å². The molecule has 104 valence electrons. The van der Waals surface area contributed by atoms with E-state index in [1.165, 1.54) is 0 Å². The normalized spacial score (nSPS) is 23.9. The molecule has 2 atom stereocenters. The van der Waals surface area contributed by atoms with Crippen LogP contribution in [-0.2, 0) is 9.59 Å². The SMILES string of the molecule is CSC1CCCC1NC(=O)CC(C)(C)CC(=O)O. The van der Waals surface area contributed by atoms with E-state index in [2.05, 4.69) is 11.6 Å².